The minimum Gasteiger partial charge on any atom is -0.378 e. The molecule has 1 aliphatic rings. The number of nitrogens with zero attached hydrogens (tertiary/aromatic N) is 1. The molecule has 0 aromatic carbocycles. The molecule has 0 aliphatic carbocycles. The van der Waals surface area contributed by atoms with Crippen molar-refractivity contribution in [1.29, 1.82) is 0 Å². The average molecular weight is 240 g/mol. The first-order valence-corrected chi connectivity index (χ1v) is 6.83. The van der Waals surface area contributed by atoms with E-state index in [0.29, 0.717) is 6.04 Å². The highest BCUT2D eigenvalue weighted by Crippen LogP contribution is 2.15. The first kappa shape index (κ1) is 12.0. The normalized spacial score (nSPS) is 22.4. The quantitative estimate of drug-likeness (QED) is 0.845. The van der Waals surface area contributed by atoms with E-state index in [9.17, 15) is 0 Å². The number of hydrogen-bond acceptors (Lipinski definition) is 4. The van der Waals surface area contributed by atoms with E-state index in [1.54, 1.807) is 0 Å². The van der Waals surface area contributed by atoms with Crippen LogP contribution in [0.3, 0.4) is 0 Å². The van der Waals surface area contributed by atoms with E-state index in [2.05, 4.69) is 34.7 Å². The van der Waals surface area contributed by atoms with Crippen molar-refractivity contribution in [2.45, 2.75) is 19.5 Å². The summed E-state index contributed by atoms with van der Waals surface area (Å²) in [5, 5.41) is 5.56. The molecule has 1 fully saturated rings. The fraction of sp³-hybridized carbons (Fsp3) is 0.667. The summed E-state index contributed by atoms with van der Waals surface area (Å²) in [6.45, 7) is 8.05. The molecule has 0 saturated carbocycles. The van der Waals surface area contributed by atoms with Gasteiger partial charge in [0.05, 0.1) is 13.2 Å². The van der Waals surface area contributed by atoms with Gasteiger partial charge in [0.1, 0.15) is 0 Å². The van der Waals surface area contributed by atoms with Crippen LogP contribution in [-0.4, -0.2) is 43.8 Å². The molecule has 1 aromatic rings. The molecule has 16 heavy (non-hydrogen) atoms. The van der Waals surface area contributed by atoms with Crippen molar-refractivity contribution in [2.24, 2.45) is 0 Å². The Morgan fingerprint density at radius 2 is 2.56 bits per heavy atom. The van der Waals surface area contributed by atoms with Crippen LogP contribution in [0.25, 0.3) is 0 Å². The van der Waals surface area contributed by atoms with Gasteiger partial charge in [-0.25, -0.2) is 0 Å². The number of morpholine rings is 1. The van der Waals surface area contributed by atoms with Crippen LogP contribution >= 0.6 is 11.3 Å². The molecule has 4 heteroatoms. The van der Waals surface area contributed by atoms with E-state index >= 15 is 0 Å². The molecule has 0 radical (unpaired) electrons. The van der Waals surface area contributed by atoms with Crippen molar-refractivity contribution < 1.29 is 4.74 Å². The zero-order valence-electron chi connectivity index (χ0n) is 9.82. The molecule has 0 spiro atoms. The Hall–Kier alpha value is -0.420. The molecular weight excluding hydrogens is 220 g/mol. The molecule has 3 nitrogen and oxygen atoms in total. The van der Waals surface area contributed by atoms with Crippen molar-refractivity contribution in [1.82, 2.24) is 10.2 Å². The number of thiophene rings is 1. The molecular formula is C12H20N2OS. The lowest BCUT2D eigenvalue weighted by molar-refractivity contribution is -0.0103. The summed E-state index contributed by atoms with van der Waals surface area (Å²) >= 11 is 1.84. The van der Waals surface area contributed by atoms with E-state index in [1.165, 1.54) is 4.88 Å². The maximum Gasteiger partial charge on any atom is 0.0635 e. The molecule has 1 unspecified atom stereocenters. The minimum absolute atomic E-state index is 0.524. The topological polar surface area (TPSA) is 24.5 Å². The van der Waals surface area contributed by atoms with E-state index in [-0.39, 0.29) is 0 Å². The largest absolute Gasteiger partial charge is 0.378 e. The van der Waals surface area contributed by atoms with E-state index < -0.39 is 0 Å². The van der Waals surface area contributed by atoms with Crippen LogP contribution in [0.1, 0.15) is 11.8 Å². The van der Waals surface area contributed by atoms with Crippen LogP contribution in [0.4, 0.5) is 0 Å². The molecule has 1 aliphatic heterocycles. The summed E-state index contributed by atoms with van der Waals surface area (Å²) in [6, 6.07) is 4.86. The Balaban J connectivity index is 1.88. The highest BCUT2D eigenvalue weighted by Gasteiger charge is 2.22. The van der Waals surface area contributed by atoms with Crippen molar-refractivity contribution in [3.05, 3.63) is 22.4 Å². The maximum absolute atomic E-state index is 5.55. The van der Waals surface area contributed by atoms with E-state index in [1.807, 2.05) is 11.3 Å². The molecule has 1 atom stereocenters. The van der Waals surface area contributed by atoms with Crippen molar-refractivity contribution in [3.8, 4) is 0 Å². The maximum atomic E-state index is 5.55. The molecule has 1 N–H and O–H groups in total. The Morgan fingerprint density at radius 3 is 3.31 bits per heavy atom. The van der Waals surface area contributed by atoms with Crippen LogP contribution in [0, 0.1) is 0 Å². The molecule has 0 bridgehead atoms. The Kier molecular flexibility index (Phi) is 4.78. The fourth-order valence-electron chi connectivity index (χ4n) is 2.00. The first-order valence-electron chi connectivity index (χ1n) is 5.95. The number of rotatable bonds is 5. The number of nitrogens with one attached hydrogen (secondary N) is 1. The number of likely N-dealkylation sites (N-methyl/N-ethyl adjacent to an activating group) is 1. The smallest absolute Gasteiger partial charge is 0.0635 e. The zero-order chi connectivity index (χ0) is 11.2. The lowest BCUT2D eigenvalue weighted by Crippen LogP contribution is -2.49. The average Bonchev–Trinajstić information content (AvgIpc) is 2.81. The molecule has 2 rings (SSSR count). The van der Waals surface area contributed by atoms with Gasteiger partial charge in [0.2, 0.25) is 0 Å². The van der Waals surface area contributed by atoms with E-state index in [4.69, 9.17) is 4.74 Å². The number of ether oxygens (including phenoxy) is 1. The Labute approximate surface area is 101 Å². The second-order valence-corrected chi connectivity index (χ2v) is 5.12. The zero-order valence-corrected chi connectivity index (χ0v) is 10.6. The molecule has 1 saturated heterocycles. The lowest BCUT2D eigenvalue weighted by Gasteiger charge is -2.35. The minimum atomic E-state index is 0.524. The first-order chi connectivity index (χ1) is 7.90. The van der Waals surface area contributed by atoms with Gasteiger partial charge >= 0.3 is 0 Å². The Morgan fingerprint density at radius 1 is 1.62 bits per heavy atom. The highest BCUT2D eigenvalue weighted by molar-refractivity contribution is 7.09. The van der Waals surface area contributed by atoms with Crippen LogP contribution in [0.5, 0.6) is 0 Å². The molecule has 2 heterocycles. The van der Waals surface area contributed by atoms with Gasteiger partial charge in [-0.05, 0) is 18.0 Å². The lowest BCUT2D eigenvalue weighted by atomic mass is 10.2. The summed E-state index contributed by atoms with van der Waals surface area (Å²) < 4.78 is 5.55. The summed E-state index contributed by atoms with van der Waals surface area (Å²) in [6.07, 6.45) is 0. The summed E-state index contributed by atoms with van der Waals surface area (Å²) in [7, 11) is 0. The van der Waals surface area contributed by atoms with Gasteiger partial charge in [-0.3, -0.25) is 4.90 Å². The van der Waals surface area contributed by atoms with Gasteiger partial charge in [0, 0.05) is 30.6 Å². The van der Waals surface area contributed by atoms with Gasteiger partial charge in [-0.2, -0.15) is 0 Å². The van der Waals surface area contributed by atoms with Gasteiger partial charge in [0.25, 0.3) is 0 Å². The fourth-order valence-corrected chi connectivity index (χ4v) is 2.73. The van der Waals surface area contributed by atoms with Gasteiger partial charge < -0.3 is 10.1 Å². The standard InChI is InChI=1S/C12H20N2OS/c1-2-13-8-11-10-15-6-5-14(11)9-12-4-3-7-16-12/h3-4,7,11,13H,2,5-6,8-10H2,1H3. The van der Waals surface area contributed by atoms with Gasteiger partial charge in [-0.1, -0.05) is 13.0 Å². The summed E-state index contributed by atoms with van der Waals surface area (Å²) in [5.41, 5.74) is 0. The molecule has 0 amide bonds. The third-order valence-electron chi connectivity index (χ3n) is 2.92. The SMILES string of the molecule is CCNCC1COCCN1Cc1cccs1. The molecule has 1 aromatic heterocycles. The summed E-state index contributed by atoms with van der Waals surface area (Å²) in [4.78, 5) is 3.97. The highest BCUT2D eigenvalue weighted by atomic mass is 32.1. The second kappa shape index (κ2) is 6.35. The third-order valence-corrected chi connectivity index (χ3v) is 3.78. The van der Waals surface area contributed by atoms with Crippen LogP contribution in [-0.2, 0) is 11.3 Å². The van der Waals surface area contributed by atoms with Gasteiger partial charge in [-0.15, -0.1) is 11.3 Å². The van der Waals surface area contributed by atoms with Crippen LogP contribution in [0.15, 0.2) is 17.5 Å². The number of hydrogen-bond donors (Lipinski definition) is 1. The van der Waals surface area contributed by atoms with E-state index in [0.717, 1.165) is 39.4 Å². The van der Waals surface area contributed by atoms with Gasteiger partial charge in [0.15, 0.2) is 0 Å². The van der Waals surface area contributed by atoms with Crippen molar-refractivity contribution >= 4 is 11.3 Å². The van der Waals surface area contributed by atoms with Crippen LogP contribution in [0.2, 0.25) is 0 Å². The van der Waals surface area contributed by atoms with Crippen LogP contribution < -0.4 is 5.32 Å². The van der Waals surface area contributed by atoms with Crippen molar-refractivity contribution in [2.75, 3.05) is 32.8 Å². The predicted octanol–water partition coefficient (Wildman–Crippen LogP) is 1.56. The predicted molar refractivity (Wildman–Crippen MR) is 67.9 cm³/mol. The summed E-state index contributed by atoms with van der Waals surface area (Å²) in [5.74, 6) is 0. The Bertz CT molecular complexity index is 289. The van der Waals surface area contributed by atoms with Crippen molar-refractivity contribution in [3.63, 3.8) is 0 Å². The molecule has 90 valence electrons. The third kappa shape index (κ3) is 3.28. The monoisotopic (exact) mass is 240 g/mol. The second-order valence-electron chi connectivity index (χ2n) is 4.09.